The summed E-state index contributed by atoms with van der Waals surface area (Å²) in [5.41, 5.74) is 0.650. The maximum Gasteiger partial charge on any atom is 0.337 e. The second-order valence-electron chi connectivity index (χ2n) is 2.58. The van der Waals surface area contributed by atoms with Gasteiger partial charge in [0.2, 0.25) is 0 Å². The molecular weight excluding hydrogens is 204 g/mol. The van der Waals surface area contributed by atoms with E-state index in [0.29, 0.717) is 11.3 Å². The van der Waals surface area contributed by atoms with E-state index < -0.39 is 5.97 Å². The number of hydrogen-bond acceptors (Lipinski definition) is 2. The Labute approximate surface area is 86.6 Å². The lowest BCUT2D eigenvalue weighted by Gasteiger charge is -2.07. The summed E-state index contributed by atoms with van der Waals surface area (Å²) in [5, 5.41) is 8.94. The lowest BCUT2D eigenvalue weighted by atomic mass is 10.1. The molecule has 1 aromatic carbocycles. The third-order valence-electron chi connectivity index (χ3n) is 1.77. The molecule has 0 heterocycles. The van der Waals surface area contributed by atoms with Crippen molar-refractivity contribution >= 4 is 23.6 Å². The van der Waals surface area contributed by atoms with Gasteiger partial charge in [0.05, 0.1) is 17.7 Å². The molecule has 1 N–H and O–H groups in total. The van der Waals surface area contributed by atoms with E-state index in [1.807, 2.05) is 0 Å². The summed E-state index contributed by atoms with van der Waals surface area (Å²) >= 11 is 5.74. The van der Waals surface area contributed by atoms with Gasteiger partial charge in [-0.2, -0.15) is 0 Å². The Morgan fingerprint density at radius 2 is 2.29 bits per heavy atom. The molecule has 0 aliphatic carbocycles. The van der Waals surface area contributed by atoms with Crippen LogP contribution < -0.4 is 4.74 Å². The van der Waals surface area contributed by atoms with Gasteiger partial charge in [-0.3, -0.25) is 0 Å². The largest absolute Gasteiger partial charge is 0.496 e. The molecule has 0 fully saturated rings. The standard InChI is InChI=1S/C10H9ClO3/c1-3-6-4-7(10(12)13)8(11)5-9(6)14-2/h3-5H,1H2,2H3,(H,12,13). The molecule has 0 aromatic heterocycles. The highest BCUT2D eigenvalue weighted by atomic mass is 35.5. The Morgan fingerprint density at radius 3 is 2.71 bits per heavy atom. The molecule has 1 rings (SSSR count). The Bertz CT molecular complexity index is 385. The van der Waals surface area contributed by atoms with E-state index in [0.717, 1.165) is 0 Å². The Morgan fingerprint density at radius 1 is 1.64 bits per heavy atom. The van der Waals surface area contributed by atoms with E-state index in [2.05, 4.69) is 6.58 Å². The fourth-order valence-corrected chi connectivity index (χ4v) is 1.31. The first kappa shape index (κ1) is 10.6. The van der Waals surface area contributed by atoms with E-state index in [-0.39, 0.29) is 10.6 Å². The molecule has 0 radical (unpaired) electrons. The van der Waals surface area contributed by atoms with Crippen molar-refractivity contribution < 1.29 is 14.6 Å². The fourth-order valence-electron chi connectivity index (χ4n) is 1.07. The number of ether oxygens (including phenoxy) is 1. The Hall–Kier alpha value is -1.48. The molecule has 0 atom stereocenters. The van der Waals surface area contributed by atoms with Crippen molar-refractivity contribution in [1.29, 1.82) is 0 Å². The molecular formula is C10H9ClO3. The summed E-state index contributed by atoms with van der Waals surface area (Å²) in [4.78, 5) is 10.7. The van der Waals surface area contributed by atoms with Crippen LogP contribution in [0, 0.1) is 0 Å². The maximum absolute atomic E-state index is 10.7. The van der Waals surface area contributed by atoms with Gasteiger partial charge in [-0.05, 0) is 6.07 Å². The highest BCUT2D eigenvalue weighted by Gasteiger charge is 2.12. The molecule has 14 heavy (non-hydrogen) atoms. The highest BCUT2D eigenvalue weighted by molar-refractivity contribution is 6.33. The molecule has 0 unspecified atom stereocenters. The van der Waals surface area contributed by atoms with Crippen molar-refractivity contribution in [2.24, 2.45) is 0 Å². The molecule has 0 saturated heterocycles. The second kappa shape index (κ2) is 4.15. The van der Waals surface area contributed by atoms with Gasteiger partial charge < -0.3 is 9.84 Å². The first-order valence-electron chi connectivity index (χ1n) is 3.83. The van der Waals surface area contributed by atoms with Crippen LogP contribution in [0.1, 0.15) is 15.9 Å². The maximum atomic E-state index is 10.7. The van der Waals surface area contributed by atoms with Crippen molar-refractivity contribution in [2.75, 3.05) is 7.11 Å². The average Bonchev–Trinajstić information content (AvgIpc) is 2.16. The van der Waals surface area contributed by atoms with Crippen LogP contribution in [-0.2, 0) is 0 Å². The number of hydrogen-bond donors (Lipinski definition) is 1. The van der Waals surface area contributed by atoms with Gasteiger partial charge in [-0.25, -0.2) is 4.79 Å². The van der Waals surface area contributed by atoms with Crippen LogP contribution in [0.15, 0.2) is 18.7 Å². The normalized spacial score (nSPS) is 9.57. The monoisotopic (exact) mass is 212 g/mol. The topological polar surface area (TPSA) is 46.5 Å². The molecule has 0 saturated carbocycles. The minimum atomic E-state index is -1.07. The third kappa shape index (κ3) is 1.88. The lowest BCUT2D eigenvalue weighted by molar-refractivity contribution is 0.0697. The number of carboxylic acids is 1. The summed E-state index contributed by atoms with van der Waals surface area (Å²) in [7, 11) is 1.49. The van der Waals surface area contributed by atoms with E-state index in [1.54, 1.807) is 0 Å². The molecule has 3 nitrogen and oxygen atoms in total. The van der Waals surface area contributed by atoms with Crippen LogP contribution in [-0.4, -0.2) is 18.2 Å². The predicted molar refractivity (Wildman–Crippen MR) is 55.1 cm³/mol. The first-order chi connectivity index (χ1) is 6.60. The van der Waals surface area contributed by atoms with Gasteiger partial charge >= 0.3 is 5.97 Å². The van der Waals surface area contributed by atoms with Gasteiger partial charge in [0.1, 0.15) is 5.75 Å². The van der Waals surface area contributed by atoms with Gasteiger partial charge in [0.25, 0.3) is 0 Å². The highest BCUT2D eigenvalue weighted by Crippen LogP contribution is 2.27. The van der Waals surface area contributed by atoms with E-state index >= 15 is 0 Å². The van der Waals surface area contributed by atoms with Crippen LogP contribution >= 0.6 is 11.6 Å². The van der Waals surface area contributed by atoms with Crippen molar-refractivity contribution in [3.8, 4) is 5.75 Å². The first-order valence-corrected chi connectivity index (χ1v) is 4.21. The summed E-state index contributed by atoms with van der Waals surface area (Å²) in [6.45, 7) is 3.55. The molecule has 0 amide bonds. The van der Waals surface area contributed by atoms with Crippen LogP contribution in [0.5, 0.6) is 5.75 Å². The average molecular weight is 213 g/mol. The Kier molecular flexibility index (Phi) is 3.14. The van der Waals surface area contributed by atoms with Crippen molar-refractivity contribution in [2.45, 2.75) is 0 Å². The number of halogens is 1. The minimum Gasteiger partial charge on any atom is -0.496 e. The second-order valence-corrected chi connectivity index (χ2v) is 2.99. The van der Waals surface area contributed by atoms with Gasteiger partial charge in [0, 0.05) is 11.6 Å². The summed E-state index contributed by atoms with van der Waals surface area (Å²) < 4.78 is 5.00. The molecule has 0 aliphatic heterocycles. The van der Waals surface area contributed by atoms with E-state index in [4.69, 9.17) is 21.4 Å². The van der Waals surface area contributed by atoms with Crippen molar-refractivity contribution in [3.63, 3.8) is 0 Å². The lowest BCUT2D eigenvalue weighted by Crippen LogP contribution is -1.99. The molecule has 0 bridgehead atoms. The molecule has 4 heteroatoms. The van der Waals surface area contributed by atoms with Gasteiger partial charge in [-0.1, -0.05) is 24.3 Å². The SMILES string of the molecule is C=Cc1cc(C(=O)O)c(Cl)cc1OC. The third-order valence-corrected chi connectivity index (χ3v) is 2.08. The molecule has 74 valence electrons. The summed E-state index contributed by atoms with van der Waals surface area (Å²) in [6.07, 6.45) is 1.52. The smallest absolute Gasteiger partial charge is 0.337 e. The van der Waals surface area contributed by atoms with Gasteiger partial charge in [0.15, 0.2) is 0 Å². The molecule has 1 aromatic rings. The Balaban J connectivity index is 3.37. The number of carboxylic acid groups (broad SMARTS) is 1. The number of benzene rings is 1. The zero-order chi connectivity index (χ0) is 10.7. The summed E-state index contributed by atoms with van der Waals surface area (Å²) in [5.74, 6) is -0.559. The van der Waals surface area contributed by atoms with Crippen molar-refractivity contribution in [3.05, 3.63) is 34.9 Å². The number of rotatable bonds is 3. The quantitative estimate of drug-likeness (QED) is 0.838. The molecule has 0 aliphatic rings. The predicted octanol–water partition coefficient (Wildman–Crippen LogP) is 2.69. The minimum absolute atomic E-state index is 0.0439. The number of methoxy groups -OCH3 is 1. The van der Waals surface area contributed by atoms with Crippen LogP contribution in [0.25, 0.3) is 6.08 Å². The zero-order valence-corrected chi connectivity index (χ0v) is 8.34. The zero-order valence-electron chi connectivity index (χ0n) is 7.58. The van der Waals surface area contributed by atoms with Crippen LogP contribution in [0.3, 0.4) is 0 Å². The summed E-state index contributed by atoms with van der Waals surface area (Å²) in [6, 6.07) is 2.89. The van der Waals surface area contributed by atoms with E-state index in [1.165, 1.54) is 25.3 Å². The van der Waals surface area contributed by atoms with E-state index in [9.17, 15) is 4.79 Å². The number of carbonyl (C=O) groups is 1. The number of aromatic carboxylic acids is 1. The van der Waals surface area contributed by atoms with Crippen LogP contribution in [0.2, 0.25) is 5.02 Å². The van der Waals surface area contributed by atoms with Crippen LogP contribution in [0.4, 0.5) is 0 Å². The fraction of sp³-hybridized carbons (Fsp3) is 0.100. The van der Waals surface area contributed by atoms with Crippen molar-refractivity contribution in [1.82, 2.24) is 0 Å². The molecule has 0 spiro atoms. The van der Waals surface area contributed by atoms with Gasteiger partial charge in [-0.15, -0.1) is 0 Å².